The van der Waals surface area contributed by atoms with Gasteiger partial charge in [-0.1, -0.05) is 64.5 Å². The number of benzene rings is 1. The molecule has 0 amide bonds. The van der Waals surface area contributed by atoms with Gasteiger partial charge in [0.2, 0.25) is 0 Å². The van der Waals surface area contributed by atoms with Crippen molar-refractivity contribution in [2.24, 2.45) is 5.41 Å². The Morgan fingerprint density at radius 2 is 1.82 bits per heavy atom. The Kier molecular flexibility index (Phi) is 4.80. The molecule has 1 aromatic rings. The lowest BCUT2D eigenvalue weighted by Crippen LogP contribution is -2.28. The molecule has 1 aromatic carbocycles. The van der Waals surface area contributed by atoms with Gasteiger partial charge in [0.25, 0.3) is 0 Å². The first-order valence-corrected chi connectivity index (χ1v) is 8.03. The Morgan fingerprint density at radius 1 is 1.12 bits per heavy atom. The molecule has 1 aliphatic carbocycles. The van der Waals surface area contributed by atoms with Gasteiger partial charge >= 0.3 is 0 Å². The molecule has 0 saturated heterocycles. The number of alkyl halides is 1. The minimum atomic E-state index is 0.399. The van der Waals surface area contributed by atoms with Crippen molar-refractivity contribution in [3.05, 3.63) is 33.8 Å². The van der Waals surface area contributed by atoms with Crippen LogP contribution in [0.3, 0.4) is 0 Å². The highest BCUT2D eigenvalue weighted by Crippen LogP contribution is 2.41. The first kappa shape index (κ1) is 13.7. The fraction of sp³-hybridized carbons (Fsp3) is 0.571. The van der Waals surface area contributed by atoms with Crippen molar-refractivity contribution in [2.45, 2.75) is 38.5 Å². The van der Waals surface area contributed by atoms with Gasteiger partial charge in [-0.25, -0.2) is 0 Å². The first-order chi connectivity index (χ1) is 8.15. The van der Waals surface area contributed by atoms with Crippen LogP contribution in [0, 0.1) is 5.41 Å². The molecule has 0 N–H and O–H groups in total. The summed E-state index contributed by atoms with van der Waals surface area (Å²) in [6.07, 6.45) is 7.74. The molecule has 1 fully saturated rings. The van der Waals surface area contributed by atoms with Crippen LogP contribution in [-0.2, 0) is 6.42 Å². The molecule has 1 saturated carbocycles. The Balaban J connectivity index is 2.17. The highest BCUT2D eigenvalue weighted by atomic mass is 79.9. The molecule has 3 heteroatoms. The summed E-state index contributed by atoms with van der Waals surface area (Å²) in [7, 11) is 0. The van der Waals surface area contributed by atoms with Crippen LogP contribution < -0.4 is 0 Å². The summed E-state index contributed by atoms with van der Waals surface area (Å²) in [6.45, 7) is 0. The SMILES string of the molecule is Clc1ccc(CC2(CBr)CCCCC2)c(Cl)c1. The van der Waals surface area contributed by atoms with E-state index in [2.05, 4.69) is 22.0 Å². The topological polar surface area (TPSA) is 0 Å². The predicted molar refractivity (Wildman–Crippen MR) is 79.5 cm³/mol. The molecule has 0 nitrogen and oxygen atoms in total. The van der Waals surface area contributed by atoms with Crippen LogP contribution >= 0.6 is 39.1 Å². The van der Waals surface area contributed by atoms with Gasteiger partial charge in [-0.15, -0.1) is 0 Å². The van der Waals surface area contributed by atoms with Crippen LogP contribution in [0.4, 0.5) is 0 Å². The van der Waals surface area contributed by atoms with Gasteiger partial charge in [-0.05, 0) is 42.4 Å². The Morgan fingerprint density at radius 3 is 2.41 bits per heavy atom. The van der Waals surface area contributed by atoms with Gasteiger partial charge in [-0.2, -0.15) is 0 Å². The van der Waals surface area contributed by atoms with E-state index < -0.39 is 0 Å². The number of rotatable bonds is 3. The van der Waals surface area contributed by atoms with Crippen molar-refractivity contribution in [1.29, 1.82) is 0 Å². The molecule has 17 heavy (non-hydrogen) atoms. The first-order valence-electron chi connectivity index (χ1n) is 6.15. The number of hydrogen-bond donors (Lipinski definition) is 0. The maximum atomic E-state index is 6.27. The average Bonchev–Trinajstić information content (AvgIpc) is 2.34. The summed E-state index contributed by atoms with van der Waals surface area (Å²) in [6, 6.07) is 5.86. The zero-order valence-electron chi connectivity index (χ0n) is 9.82. The van der Waals surface area contributed by atoms with Crippen LogP contribution in [-0.4, -0.2) is 5.33 Å². The maximum Gasteiger partial charge on any atom is 0.0453 e. The van der Waals surface area contributed by atoms with Crippen LogP contribution in [0.2, 0.25) is 10.0 Å². The van der Waals surface area contributed by atoms with Gasteiger partial charge in [0, 0.05) is 15.4 Å². The second kappa shape index (κ2) is 5.95. The van der Waals surface area contributed by atoms with Crippen LogP contribution in [0.1, 0.15) is 37.7 Å². The quantitative estimate of drug-likeness (QED) is 0.605. The van der Waals surface area contributed by atoms with Crippen molar-refractivity contribution in [3.63, 3.8) is 0 Å². The Bertz CT molecular complexity index is 384. The largest absolute Gasteiger partial charge is 0.0922 e. The van der Waals surface area contributed by atoms with E-state index in [1.54, 1.807) is 0 Å². The van der Waals surface area contributed by atoms with Crippen molar-refractivity contribution >= 4 is 39.1 Å². The Labute approximate surface area is 122 Å². The molecule has 1 aliphatic rings. The third-order valence-electron chi connectivity index (χ3n) is 3.78. The van der Waals surface area contributed by atoms with E-state index in [1.165, 1.54) is 37.7 Å². The van der Waals surface area contributed by atoms with Gasteiger partial charge in [0.1, 0.15) is 0 Å². The summed E-state index contributed by atoms with van der Waals surface area (Å²) >= 11 is 15.9. The summed E-state index contributed by atoms with van der Waals surface area (Å²) in [4.78, 5) is 0. The molecule has 0 radical (unpaired) electrons. The summed E-state index contributed by atoms with van der Waals surface area (Å²) in [5.74, 6) is 0. The molecule has 0 unspecified atom stereocenters. The van der Waals surface area contributed by atoms with Gasteiger partial charge in [-0.3, -0.25) is 0 Å². The smallest absolute Gasteiger partial charge is 0.0453 e. The van der Waals surface area contributed by atoms with Gasteiger partial charge < -0.3 is 0 Å². The molecular formula is C14H17BrCl2. The molecule has 94 valence electrons. The van der Waals surface area contributed by atoms with E-state index >= 15 is 0 Å². The van der Waals surface area contributed by atoms with E-state index in [-0.39, 0.29) is 0 Å². The van der Waals surface area contributed by atoms with E-state index in [9.17, 15) is 0 Å². The molecule has 0 aliphatic heterocycles. The molecule has 0 spiro atoms. The molecule has 0 aromatic heterocycles. The Hall–Kier alpha value is 0.280. The lowest BCUT2D eigenvalue weighted by molar-refractivity contribution is 0.223. The minimum absolute atomic E-state index is 0.399. The van der Waals surface area contributed by atoms with Gasteiger partial charge in [0.15, 0.2) is 0 Å². The fourth-order valence-electron chi connectivity index (χ4n) is 2.73. The third kappa shape index (κ3) is 3.39. The monoisotopic (exact) mass is 334 g/mol. The molecular weight excluding hydrogens is 319 g/mol. The van der Waals surface area contributed by atoms with Crippen molar-refractivity contribution in [1.82, 2.24) is 0 Å². The van der Waals surface area contributed by atoms with Crippen LogP contribution in [0.25, 0.3) is 0 Å². The standard InChI is InChI=1S/C14H17BrCl2/c15-10-14(6-2-1-3-7-14)9-11-4-5-12(16)8-13(11)17/h4-5,8H,1-3,6-7,9-10H2. The van der Waals surface area contributed by atoms with Gasteiger partial charge in [0.05, 0.1) is 0 Å². The third-order valence-corrected chi connectivity index (χ3v) is 5.55. The summed E-state index contributed by atoms with van der Waals surface area (Å²) < 4.78 is 0. The van der Waals surface area contributed by atoms with E-state index in [0.29, 0.717) is 5.41 Å². The van der Waals surface area contributed by atoms with Crippen molar-refractivity contribution in [2.75, 3.05) is 5.33 Å². The average molecular weight is 336 g/mol. The molecule has 0 bridgehead atoms. The minimum Gasteiger partial charge on any atom is -0.0922 e. The van der Waals surface area contributed by atoms with Crippen molar-refractivity contribution < 1.29 is 0 Å². The second-order valence-corrected chi connectivity index (χ2v) is 6.51. The predicted octanol–water partition coefficient (Wildman–Crippen LogP) is 5.88. The summed E-state index contributed by atoms with van der Waals surface area (Å²) in [5.41, 5.74) is 1.63. The lowest BCUT2D eigenvalue weighted by Gasteiger charge is -2.36. The number of hydrogen-bond acceptors (Lipinski definition) is 0. The van der Waals surface area contributed by atoms with Crippen molar-refractivity contribution in [3.8, 4) is 0 Å². The molecule has 2 rings (SSSR count). The molecule has 0 heterocycles. The summed E-state index contributed by atoms with van der Waals surface area (Å²) in [5, 5.41) is 2.59. The van der Waals surface area contributed by atoms with E-state index in [1.807, 2.05) is 12.1 Å². The highest BCUT2D eigenvalue weighted by Gasteiger charge is 2.31. The zero-order chi connectivity index (χ0) is 12.3. The molecule has 0 atom stereocenters. The van der Waals surface area contributed by atoms with Crippen LogP contribution in [0.5, 0.6) is 0 Å². The van der Waals surface area contributed by atoms with Crippen LogP contribution in [0.15, 0.2) is 18.2 Å². The number of halogens is 3. The fourth-order valence-corrected chi connectivity index (χ4v) is 3.96. The second-order valence-electron chi connectivity index (χ2n) is 5.11. The van der Waals surface area contributed by atoms with E-state index in [4.69, 9.17) is 23.2 Å². The zero-order valence-corrected chi connectivity index (χ0v) is 12.9. The normalized spacial score (nSPS) is 19.2. The van der Waals surface area contributed by atoms with E-state index in [0.717, 1.165) is 21.8 Å². The lowest BCUT2D eigenvalue weighted by atomic mass is 9.72. The highest BCUT2D eigenvalue weighted by molar-refractivity contribution is 9.09. The maximum absolute atomic E-state index is 6.27.